The lowest BCUT2D eigenvalue weighted by atomic mass is 10.1. The molecule has 0 amide bonds. The Morgan fingerprint density at radius 3 is 2.50 bits per heavy atom. The second kappa shape index (κ2) is 6.16. The summed E-state index contributed by atoms with van der Waals surface area (Å²) in [7, 11) is 0. The molecule has 0 radical (unpaired) electrons. The minimum absolute atomic E-state index is 0.132. The maximum atomic E-state index is 10.4. The lowest BCUT2D eigenvalue weighted by molar-refractivity contribution is -0.136. The van der Waals surface area contributed by atoms with Crippen LogP contribution in [0.5, 0.6) is 0 Å². The summed E-state index contributed by atoms with van der Waals surface area (Å²) in [4.78, 5) is 10.4. The molecule has 92 valence electrons. The van der Waals surface area contributed by atoms with Gasteiger partial charge in [-0.1, -0.05) is 30.3 Å². The second-order valence-corrected chi connectivity index (χ2v) is 4.73. The van der Waals surface area contributed by atoms with E-state index in [9.17, 15) is 4.79 Å². The monoisotopic (exact) mass is 260 g/mol. The smallest absolute Gasteiger partial charge is 0.304 e. The van der Waals surface area contributed by atoms with Crippen LogP contribution in [0, 0.1) is 0 Å². The van der Waals surface area contributed by atoms with Crippen molar-refractivity contribution in [3.63, 3.8) is 0 Å². The Kier molecular flexibility index (Phi) is 4.30. The van der Waals surface area contributed by atoms with Crippen LogP contribution in [-0.2, 0) is 4.79 Å². The number of nitrogens with zero attached hydrogens (tertiary/aromatic N) is 2. The van der Waals surface area contributed by atoms with Crippen LogP contribution in [0.25, 0.3) is 11.3 Å². The van der Waals surface area contributed by atoms with Crippen molar-refractivity contribution in [3.8, 4) is 11.3 Å². The fraction of sp³-hybridized carbons (Fsp3) is 0.154. The molecule has 1 N–H and O–H groups in total. The van der Waals surface area contributed by atoms with Gasteiger partial charge in [0.05, 0.1) is 12.1 Å². The highest BCUT2D eigenvalue weighted by Crippen LogP contribution is 2.19. The number of carbonyl (C=O) groups is 1. The topological polar surface area (TPSA) is 63.1 Å². The standard InChI is InChI=1S/C13H12N2O2S/c16-13(17)8-9-18-12-7-6-11(14-15-12)10-4-2-1-3-5-10/h1-7H,8-9H2,(H,16,17). The minimum atomic E-state index is -0.795. The molecule has 0 bridgehead atoms. The SMILES string of the molecule is O=C(O)CCSc1ccc(-c2ccccc2)nn1. The zero-order valence-electron chi connectivity index (χ0n) is 9.61. The molecule has 5 heteroatoms. The van der Waals surface area contributed by atoms with Crippen molar-refractivity contribution in [1.82, 2.24) is 10.2 Å². The van der Waals surface area contributed by atoms with Gasteiger partial charge >= 0.3 is 5.97 Å². The van der Waals surface area contributed by atoms with Crippen LogP contribution < -0.4 is 0 Å². The van der Waals surface area contributed by atoms with Crippen molar-refractivity contribution in [1.29, 1.82) is 0 Å². The van der Waals surface area contributed by atoms with E-state index < -0.39 is 5.97 Å². The van der Waals surface area contributed by atoms with E-state index in [0.29, 0.717) is 5.75 Å². The highest BCUT2D eigenvalue weighted by atomic mass is 32.2. The van der Waals surface area contributed by atoms with Gasteiger partial charge in [0, 0.05) is 11.3 Å². The normalized spacial score (nSPS) is 10.2. The van der Waals surface area contributed by atoms with E-state index in [4.69, 9.17) is 5.11 Å². The van der Waals surface area contributed by atoms with Gasteiger partial charge in [-0.3, -0.25) is 4.79 Å². The predicted octanol–water partition coefficient (Wildman–Crippen LogP) is 2.71. The van der Waals surface area contributed by atoms with Crippen LogP contribution in [0.15, 0.2) is 47.5 Å². The van der Waals surface area contributed by atoms with Crippen LogP contribution in [0.4, 0.5) is 0 Å². The fourth-order valence-corrected chi connectivity index (χ4v) is 2.15. The summed E-state index contributed by atoms with van der Waals surface area (Å²) in [5.74, 6) is -0.286. The second-order valence-electron chi connectivity index (χ2n) is 3.62. The lowest BCUT2D eigenvalue weighted by Gasteiger charge is -2.01. The summed E-state index contributed by atoms with van der Waals surface area (Å²) >= 11 is 1.40. The lowest BCUT2D eigenvalue weighted by Crippen LogP contribution is -1.96. The maximum Gasteiger partial charge on any atom is 0.304 e. The van der Waals surface area contributed by atoms with E-state index in [2.05, 4.69) is 10.2 Å². The maximum absolute atomic E-state index is 10.4. The van der Waals surface area contributed by atoms with Crippen LogP contribution in [-0.4, -0.2) is 27.0 Å². The third kappa shape index (κ3) is 3.56. The van der Waals surface area contributed by atoms with Crippen LogP contribution in [0.3, 0.4) is 0 Å². The van der Waals surface area contributed by atoms with Gasteiger partial charge in [0.2, 0.25) is 0 Å². The number of aromatic nitrogens is 2. The number of hydrogen-bond donors (Lipinski definition) is 1. The molecule has 0 aliphatic heterocycles. The molecule has 0 unspecified atom stereocenters. The van der Waals surface area contributed by atoms with E-state index in [1.165, 1.54) is 11.8 Å². The van der Waals surface area contributed by atoms with Gasteiger partial charge in [0.25, 0.3) is 0 Å². The first kappa shape index (κ1) is 12.6. The summed E-state index contributed by atoms with van der Waals surface area (Å²) in [5.41, 5.74) is 1.84. The molecular formula is C13H12N2O2S. The van der Waals surface area contributed by atoms with Crippen molar-refractivity contribution >= 4 is 17.7 Å². The number of aliphatic carboxylic acids is 1. The van der Waals surface area contributed by atoms with Gasteiger partial charge in [-0.15, -0.1) is 22.0 Å². The van der Waals surface area contributed by atoms with Crippen molar-refractivity contribution in [3.05, 3.63) is 42.5 Å². The Balaban J connectivity index is 2.00. The summed E-state index contributed by atoms with van der Waals surface area (Å²) in [6.07, 6.45) is 0.132. The average Bonchev–Trinajstić information content (AvgIpc) is 2.40. The van der Waals surface area contributed by atoms with Crippen LogP contribution in [0.2, 0.25) is 0 Å². The summed E-state index contributed by atoms with van der Waals surface area (Å²) in [6.45, 7) is 0. The van der Waals surface area contributed by atoms with Crippen molar-refractivity contribution in [2.45, 2.75) is 11.4 Å². The number of carboxylic acids is 1. The van der Waals surface area contributed by atoms with Gasteiger partial charge in [-0.2, -0.15) is 0 Å². The van der Waals surface area contributed by atoms with Gasteiger partial charge in [-0.05, 0) is 12.1 Å². The Labute approximate surface area is 109 Å². The molecule has 0 saturated heterocycles. The molecule has 0 atom stereocenters. The molecule has 1 aromatic heterocycles. The molecule has 0 aliphatic carbocycles. The molecule has 4 nitrogen and oxygen atoms in total. The molecule has 0 fully saturated rings. The number of thioether (sulfide) groups is 1. The van der Waals surface area contributed by atoms with Gasteiger partial charge in [0.1, 0.15) is 5.03 Å². The first-order valence-electron chi connectivity index (χ1n) is 5.49. The van der Waals surface area contributed by atoms with E-state index in [1.807, 2.05) is 42.5 Å². The average molecular weight is 260 g/mol. The van der Waals surface area contributed by atoms with Crippen molar-refractivity contribution in [2.75, 3.05) is 5.75 Å². The first-order chi connectivity index (χ1) is 8.75. The molecule has 2 rings (SSSR count). The molecule has 1 heterocycles. The quantitative estimate of drug-likeness (QED) is 0.837. The van der Waals surface area contributed by atoms with E-state index >= 15 is 0 Å². The van der Waals surface area contributed by atoms with E-state index in [1.54, 1.807) is 0 Å². The van der Waals surface area contributed by atoms with Crippen molar-refractivity contribution in [2.24, 2.45) is 0 Å². The van der Waals surface area contributed by atoms with Gasteiger partial charge < -0.3 is 5.11 Å². The highest BCUT2D eigenvalue weighted by Gasteiger charge is 2.02. The van der Waals surface area contributed by atoms with Gasteiger partial charge in [-0.25, -0.2) is 0 Å². The fourth-order valence-electron chi connectivity index (χ4n) is 1.40. The summed E-state index contributed by atoms with van der Waals surface area (Å²) < 4.78 is 0. The minimum Gasteiger partial charge on any atom is -0.481 e. The molecule has 2 aromatic rings. The largest absolute Gasteiger partial charge is 0.481 e. The van der Waals surface area contributed by atoms with Gasteiger partial charge in [0.15, 0.2) is 0 Å². The Hall–Kier alpha value is -1.88. The summed E-state index contributed by atoms with van der Waals surface area (Å²) in [5, 5.41) is 17.5. The molecule has 0 aliphatic rings. The Morgan fingerprint density at radius 2 is 1.89 bits per heavy atom. The molecule has 0 spiro atoms. The molecule has 1 aromatic carbocycles. The van der Waals surface area contributed by atoms with Crippen LogP contribution >= 0.6 is 11.8 Å². The zero-order chi connectivity index (χ0) is 12.8. The Morgan fingerprint density at radius 1 is 1.11 bits per heavy atom. The third-order valence-corrected chi connectivity index (χ3v) is 3.20. The first-order valence-corrected chi connectivity index (χ1v) is 6.48. The van der Waals surface area contributed by atoms with Crippen LogP contribution in [0.1, 0.15) is 6.42 Å². The number of rotatable bonds is 5. The molecule has 18 heavy (non-hydrogen) atoms. The third-order valence-electron chi connectivity index (χ3n) is 2.28. The van der Waals surface area contributed by atoms with E-state index in [0.717, 1.165) is 16.3 Å². The molecule has 0 saturated carbocycles. The van der Waals surface area contributed by atoms with E-state index in [-0.39, 0.29) is 6.42 Å². The Bertz CT molecular complexity index is 514. The predicted molar refractivity (Wildman–Crippen MR) is 70.4 cm³/mol. The zero-order valence-corrected chi connectivity index (χ0v) is 10.4. The molecular weight excluding hydrogens is 248 g/mol. The number of hydrogen-bond acceptors (Lipinski definition) is 4. The highest BCUT2D eigenvalue weighted by molar-refractivity contribution is 7.99. The number of carboxylic acid groups (broad SMARTS) is 1. The summed E-state index contributed by atoms with van der Waals surface area (Å²) in [6, 6.07) is 13.6. The van der Waals surface area contributed by atoms with Crippen molar-refractivity contribution < 1.29 is 9.90 Å². The number of benzene rings is 1.